The highest BCUT2D eigenvalue weighted by Crippen LogP contribution is 2.44. The molecule has 0 saturated carbocycles. The van der Waals surface area contributed by atoms with Gasteiger partial charge in [-0.25, -0.2) is 15.0 Å². The van der Waals surface area contributed by atoms with Crippen LogP contribution in [-0.4, -0.2) is 15.0 Å². The van der Waals surface area contributed by atoms with Crippen molar-refractivity contribution < 1.29 is 4.42 Å². The number of hydrogen-bond acceptors (Lipinski definition) is 5. The minimum absolute atomic E-state index is 0.642. The molecule has 11 aromatic rings. The number of thiophene rings is 1. The van der Waals surface area contributed by atoms with Crippen molar-refractivity contribution in [1.29, 1.82) is 0 Å². The van der Waals surface area contributed by atoms with E-state index >= 15 is 0 Å². The molecule has 0 bridgehead atoms. The van der Waals surface area contributed by atoms with E-state index in [0.717, 1.165) is 55.3 Å². The average molecular weight is 734 g/mol. The Bertz CT molecular complexity index is 3260. The van der Waals surface area contributed by atoms with Gasteiger partial charge in [0, 0.05) is 53.2 Å². The first-order valence-corrected chi connectivity index (χ1v) is 19.5. The maximum atomic E-state index is 6.16. The summed E-state index contributed by atoms with van der Waals surface area (Å²) in [7, 11) is 0. The Balaban J connectivity index is 1.04. The van der Waals surface area contributed by atoms with Crippen LogP contribution in [-0.2, 0) is 0 Å². The molecule has 56 heavy (non-hydrogen) atoms. The number of para-hydroxylation sites is 1. The molecule has 262 valence electrons. The van der Waals surface area contributed by atoms with Gasteiger partial charge in [0.2, 0.25) is 0 Å². The van der Waals surface area contributed by atoms with Crippen molar-refractivity contribution in [2.24, 2.45) is 0 Å². The van der Waals surface area contributed by atoms with Crippen LogP contribution in [0.15, 0.2) is 192 Å². The minimum Gasteiger partial charge on any atom is -0.456 e. The third-order valence-corrected chi connectivity index (χ3v) is 11.8. The summed E-state index contributed by atoms with van der Waals surface area (Å²) in [6, 6.07) is 65.7. The Morgan fingerprint density at radius 3 is 1.71 bits per heavy atom. The lowest BCUT2D eigenvalue weighted by Gasteiger charge is -2.11. The zero-order chi connectivity index (χ0) is 37.0. The number of rotatable bonds is 6. The molecule has 0 saturated heterocycles. The molecule has 0 aliphatic rings. The maximum Gasteiger partial charge on any atom is 0.164 e. The standard InChI is InChI=1S/C51H31N3OS/c1-3-13-32(14-4-1)34-17-11-18-36(29-34)50-52-49(33-15-5-2-6-16-33)53-51(54-50)37-25-27-41-43-23-12-22-42(48(43)56-47(41)31-37)39-20-8-7-19-38(39)35-26-28-46-44(30-35)40-21-9-10-24-45(40)55-46/h1-31H. The van der Waals surface area contributed by atoms with Gasteiger partial charge in [-0.1, -0.05) is 158 Å². The first-order valence-electron chi connectivity index (χ1n) is 18.7. The molecule has 0 radical (unpaired) electrons. The number of hydrogen-bond donors (Lipinski definition) is 0. The second kappa shape index (κ2) is 13.3. The molecule has 3 aromatic heterocycles. The molecule has 0 aliphatic heterocycles. The van der Waals surface area contributed by atoms with Crippen LogP contribution in [0.4, 0.5) is 0 Å². The number of nitrogens with zero attached hydrogens (tertiary/aromatic N) is 3. The maximum absolute atomic E-state index is 6.16. The van der Waals surface area contributed by atoms with Gasteiger partial charge in [0.05, 0.1) is 0 Å². The first kappa shape index (κ1) is 32.2. The summed E-state index contributed by atoms with van der Waals surface area (Å²) >= 11 is 1.82. The van der Waals surface area contributed by atoms with E-state index in [9.17, 15) is 0 Å². The van der Waals surface area contributed by atoms with Crippen LogP contribution < -0.4 is 0 Å². The molecule has 0 N–H and O–H groups in total. The number of furan rings is 1. The lowest BCUT2D eigenvalue weighted by molar-refractivity contribution is 0.669. The highest BCUT2D eigenvalue weighted by Gasteiger charge is 2.18. The van der Waals surface area contributed by atoms with E-state index in [1.165, 1.54) is 36.9 Å². The normalized spacial score (nSPS) is 11.6. The lowest BCUT2D eigenvalue weighted by Crippen LogP contribution is -2.00. The molecule has 5 heteroatoms. The lowest BCUT2D eigenvalue weighted by atomic mass is 9.93. The van der Waals surface area contributed by atoms with Gasteiger partial charge >= 0.3 is 0 Å². The second-order valence-corrected chi connectivity index (χ2v) is 15.0. The van der Waals surface area contributed by atoms with Crippen LogP contribution in [0.5, 0.6) is 0 Å². The summed E-state index contributed by atoms with van der Waals surface area (Å²) in [6.07, 6.45) is 0. The quantitative estimate of drug-likeness (QED) is 0.171. The zero-order valence-electron chi connectivity index (χ0n) is 30.1. The van der Waals surface area contributed by atoms with Gasteiger partial charge in [0.1, 0.15) is 11.2 Å². The van der Waals surface area contributed by atoms with E-state index < -0.39 is 0 Å². The van der Waals surface area contributed by atoms with Crippen molar-refractivity contribution in [2.45, 2.75) is 0 Å². The predicted octanol–water partition coefficient (Wildman–Crippen LogP) is 14.1. The molecule has 0 unspecified atom stereocenters. The Morgan fingerprint density at radius 1 is 0.321 bits per heavy atom. The van der Waals surface area contributed by atoms with E-state index in [1.54, 1.807) is 0 Å². The molecule has 11 rings (SSSR count). The van der Waals surface area contributed by atoms with Crippen molar-refractivity contribution in [3.8, 4) is 67.5 Å². The summed E-state index contributed by atoms with van der Waals surface area (Å²) in [5.74, 6) is 1.93. The van der Waals surface area contributed by atoms with Crippen LogP contribution >= 0.6 is 11.3 Å². The number of fused-ring (bicyclic) bond motifs is 6. The van der Waals surface area contributed by atoms with E-state index in [2.05, 4.69) is 140 Å². The monoisotopic (exact) mass is 733 g/mol. The number of aromatic nitrogens is 3. The third kappa shape index (κ3) is 5.56. The highest BCUT2D eigenvalue weighted by molar-refractivity contribution is 7.26. The van der Waals surface area contributed by atoms with Gasteiger partial charge in [-0.2, -0.15) is 0 Å². The van der Waals surface area contributed by atoms with E-state index in [0.29, 0.717) is 17.5 Å². The fraction of sp³-hybridized carbons (Fsp3) is 0. The Kier molecular flexibility index (Phi) is 7.64. The molecular weight excluding hydrogens is 703 g/mol. The largest absolute Gasteiger partial charge is 0.456 e. The summed E-state index contributed by atoms with van der Waals surface area (Å²) in [6.45, 7) is 0. The second-order valence-electron chi connectivity index (χ2n) is 14.0. The topological polar surface area (TPSA) is 51.8 Å². The van der Waals surface area contributed by atoms with Crippen molar-refractivity contribution >= 4 is 53.4 Å². The van der Waals surface area contributed by atoms with E-state index in [4.69, 9.17) is 19.4 Å². The van der Waals surface area contributed by atoms with Crippen LogP contribution in [0.3, 0.4) is 0 Å². The summed E-state index contributed by atoms with van der Waals surface area (Å²) < 4.78 is 8.59. The Hall–Kier alpha value is -7.21. The van der Waals surface area contributed by atoms with Crippen LogP contribution in [0.25, 0.3) is 110 Å². The van der Waals surface area contributed by atoms with E-state index in [-0.39, 0.29) is 0 Å². The van der Waals surface area contributed by atoms with Gasteiger partial charge in [0.25, 0.3) is 0 Å². The Morgan fingerprint density at radius 2 is 0.893 bits per heavy atom. The molecule has 8 aromatic carbocycles. The van der Waals surface area contributed by atoms with Crippen molar-refractivity contribution in [3.05, 3.63) is 188 Å². The molecule has 0 atom stereocenters. The van der Waals surface area contributed by atoms with Crippen molar-refractivity contribution in [3.63, 3.8) is 0 Å². The Labute approximate surface area is 327 Å². The molecule has 0 fully saturated rings. The average Bonchev–Trinajstić information content (AvgIpc) is 3.85. The molecule has 3 heterocycles. The molecule has 0 spiro atoms. The zero-order valence-corrected chi connectivity index (χ0v) is 30.9. The molecule has 0 amide bonds. The predicted molar refractivity (Wildman–Crippen MR) is 233 cm³/mol. The van der Waals surface area contributed by atoms with Gasteiger partial charge in [-0.3, -0.25) is 0 Å². The molecule has 4 nitrogen and oxygen atoms in total. The fourth-order valence-corrected chi connectivity index (χ4v) is 9.10. The summed E-state index contributed by atoms with van der Waals surface area (Å²) in [4.78, 5) is 15.2. The van der Waals surface area contributed by atoms with Crippen molar-refractivity contribution in [1.82, 2.24) is 15.0 Å². The number of benzene rings is 8. The first-order chi connectivity index (χ1) is 27.7. The van der Waals surface area contributed by atoms with Gasteiger partial charge in [-0.15, -0.1) is 11.3 Å². The smallest absolute Gasteiger partial charge is 0.164 e. The van der Waals surface area contributed by atoms with Gasteiger partial charge < -0.3 is 4.42 Å². The van der Waals surface area contributed by atoms with Gasteiger partial charge in [-0.05, 0) is 58.1 Å². The molecular formula is C51H31N3OS. The highest BCUT2D eigenvalue weighted by atomic mass is 32.1. The van der Waals surface area contributed by atoms with Crippen molar-refractivity contribution in [2.75, 3.05) is 0 Å². The summed E-state index contributed by atoms with van der Waals surface area (Å²) in [5, 5.41) is 4.71. The fourth-order valence-electron chi connectivity index (χ4n) is 7.83. The summed E-state index contributed by atoms with van der Waals surface area (Å²) in [5.41, 5.74) is 11.7. The van der Waals surface area contributed by atoms with Crippen LogP contribution in [0, 0.1) is 0 Å². The van der Waals surface area contributed by atoms with Crippen LogP contribution in [0.1, 0.15) is 0 Å². The van der Waals surface area contributed by atoms with E-state index in [1.807, 2.05) is 59.9 Å². The van der Waals surface area contributed by atoms with Crippen LogP contribution in [0.2, 0.25) is 0 Å². The third-order valence-electron chi connectivity index (χ3n) is 10.6. The molecule has 0 aliphatic carbocycles. The minimum atomic E-state index is 0.642. The van der Waals surface area contributed by atoms with Gasteiger partial charge in [0.15, 0.2) is 17.5 Å². The SMILES string of the molecule is c1ccc(-c2cccc(-c3nc(-c4ccccc4)nc(-c4ccc5c(c4)sc4c(-c6ccccc6-c6ccc7oc8ccccc8c7c6)cccc45)n3)c2)cc1.